The van der Waals surface area contributed by atoms with Gasteiger partial charge in [0.2, 0.25) is 0 Å². The summed E-state index contributed by atoms with van der Waals surface area (Å²) in [4.78, 5) is 11.7. The molecule has 0 spiro atoms. The van der Waals surface area contributed by atoms with Gasteiger partial charge in [0.25, 0.3) is 0 Å². The van der Waals surface area contributed by atoms with Crippen LogP contribution in [0.25, 0.3) is 10.8 Å². The van der Waals surface area contributed by atoms with E-state index in [1.54, 1.807) is 0 Å². The Morgan fingerprint density at radius 2 is 1.57 bits per heavy atom. The lowest BCUT2D eigenvalue weighted by Gasteiger charge is -2.19. The summed E-state index contributed by atoms with van der Waals surface area (Å²) in [7, 11) is 0. The maximum atomic E-state index is 11.7. The summed E-state index contributed by atoms with van der Waals surface area (Å²) >= 11 is 0. The van der Waals surface area contributed by atoms with Crippen LogP contribution in [0.2, 0.25) is 0 Å². The Bertz CT molecular complexity index is 774. The lowest BCUT2D eigenvalue weighted by atomic mass is 10.1. The highest BCUT2D eigenvalue weighted by molar-refractivity contribution is 5.85. The molecular weight excluding hydrogens is 352 g/mol. The number of unbranched alkanes of at least 4 members (excludes halogenated alkanes) is 2. The molecule has 0 N–H and O–H groups in total. The number of hydrogen-bond donors (Lipinski definition) is 0. The first-order valence-corrected chi connectivity index (χ1v) is 9.99. The summed E-state index contributed by atoms with van der Waals surface area (Å²) in [5.41, 5.74) is -0.410. The van der Waals surface area contributed by atoms with Gasteiger partial charge in [0.05, 0.1) is 13.2 Å². The quantitative estimate of drug-likeness (QED) is 0.268. The molecule has 0 amide bonds. The Balaban J connectivity index is 1.74. The molecule has 2 rings (SSSR count). The van der Waals surface area contributed by atoms with Crippen LogP contribution in [0.1, 0.15) is 52.9 Å². The highest BCUT2D eigenvalue weighted by Gasteiger charge is 2.15. The van der Waals surface area contributed by atoms with E-state index in [0.717, 1.165) is 48.0 Å². The number of fused-ring (bicyclic) bond motifs is 1. The average Bonchev–Trinajstić information content (AvgIpc) is 2.63. The molecule has 0 aliphatic carbocycles. The van der Waals surface area contributed by atoms with Crippen molar-refractivity contribution in [1.29, 1.82) is 0 Å². The zero-order valence-corrected chi connectivity index (χ0v) is 17.3. The van der Waals surface area contributed by atoms with Crippen LogP contribution >= 0.6 is 0 Å². The summed E-state index contributed by atoms with van der Waals surface area (Å²) in [6, 6.07) is 12.2. The lowest BCUT2D eigenvalue weighted by Crippen LogP contribution is -2.23. The van der Waals surface area contributed by atoms with Crippen LogP contribution in [0, 0.1) is 0 Å². The van der Waals surface area contributed by atoms with E-state index >= 15 is 0 Å². The van der Waals surface area contributed by atoms with Crippen molar-refractivity contribution in [3.63, 3.8) is 0 Å². The molecule has 2 aromatic carbocycles. The summed E-state index contributed by atoms with van der Waals surface area (Å²) < 4.78 is 16.9. The number of hydrogen-bond acceptors (Lipinski definition) is 4. The maximum absolute atomic E-state index is 11.7. The van der Waals surface area contributed by atoms with E-state index < -0.39 is 5.60 Å². The summed E-state index contributed by atoms with van der Waals surface area (Å²) in [5.74, 6) is 1.57. The second-order valence-electron chi connectivity index (χ2n) is 7.84. The second kappa shape index (κ2) is 10.7. The Morgan fingerprint density at radius 1 is 0.929 bits per heavy atom. The van der Waals surface area contributed by atoms with Gasteiger partial charge in [0.1, 0.15) is 17.1 Å². The molecular formula is C24H32O4. The van der Waals surface area contributed by atoms with Gasteiger partial charge in [-0.25, -0.2) is 0 Å². The minimum absolute atomic E-state index is 0.130. The molecule has 4 heteroatoms. The van der Waals surface area contributed by atoms with Crippen molar-refractivity contribution in [1.82, 2.24) is 0 Å². The van der Waals surface area contributed by atoms with E-state index in [0.29, 0.717) is 19.6 Å². The first-order chi connectivity index (χ1) is 13.4. The van der Waals surface area contributed by atoms with E-state index in [1.165, 1.54) is 0 Å². The molecule has 0 atom stereocenters. The fourth-order valence-corrected chi connectivity index (χ4v) is 2.77. The molecule has 0 saturated heterocycles. The monoisotopic (exact) mass is 384 g/mol. The fraction of sp³-hybridized carbons (Fsp3) is 0.458. The van der Waals surface area contributed by atoms with Crippen LogP contribution < -0.4 is 9.47 Å². The van der Waals surface area contributed by atoms with Crippen molar-refractivity contribution in [2.45, 2.75) is 58.5 Å². The Labute approximate surface area is 168 Å². The number of esters is 1. The maximum Gasteiger partial charge on any atom is 0.306 e. The molecule has 28 heavy (non-hydrogen) atoms. The van der Waals surface area contributed by atoms with Crippen molar-refractivity contribution < 1.29 is 19.0 Å². The number of benzene rings is 2. The van der Waals surface area contributed by atoms with Gasteiger partial charge in [-0.05, 0) is 81.5 Å². The van der Waals surface area contributed by atoms with Gasteiger partial charge in [-0.2, -0.15) is 0 Å². The largest absolute Gasteiger partial charge is 0.494 e. The van der Waals surface area contributed by atoms with E-state index in [4.69, 9.17) is 14.2 Å². The van der Waals surface area contributed by atoms with Crippen molar-refractivity contribution in [3.8, 4) is 11.5 Å². The van der Waals surface area contributed by atoms with Crippen LogP contribution in [-0.2, 0) is 9.53 Å². The molecule has 2 aromatic rings. The van der Waals surface area contributed by atoms with Gasteiger partial charge >= 0.3 is 5.97 Å². The standard InChI is InChI=1S/C24H32O4/c1-5-6-15-26-21-13-11-19-12-14-22(18-20(19)17-21)27-16-9-7-8-10-23(25)28-24(2,3)4/h5,11-14,17-18H,1,6-10,15-16H2,2-4H3. The number of carbonyl (C=O) groups is 1. The van der Waals surface area contributed by atoms with Gasteiger partial charge in [0, 0.05) is 6.42 Å². The molecule has 0 aromatic heterocycles. The van der Waals surface area contributed by atoms with Crippen molar-refractivity contribution >= 4 is 16.7 Å². The van der Waals surface area contributed by atoms with Crippen LogP contribution in [0.5, 0.6) is 11.5 Å². The highest BCUT2D eigenvalue weighted by Crippen LogP contribution is 2.25. The van der Waals surface area contributed by atoms with Crippen LogP contribution in [0.15, 0.2) is 49.1 Å². The summed E-state index contributed by atoms with van der Waals surface area (Å²) in [5, 5.41) is 2.25. The van der Waals surface area contributed by atoms with Crippen molar-refractivity contribution in [2.24, 2.45) is 0 Å². The van der Waals surface area contributed by atoms with Gasteiger partial charge < -0.3 is 14.2 Å². The average molecular weight is 385 g/mol. The first-order valence-electron chi connectivity index (χ1n) is 9.99. The molecule has 0 aliphatic rings. The fourth-order valence-electron chi connectivity index (χ4n) is 2.77. The summed E-state index contributed by atoms with van der Waals surface area (Å²) in [6.45, 7) is 10.6. The molecule has 0 bridgehead atoms. The zero-order chi connectivity index (χ0) is 20.4. The van der Waals surface area contributed by atoms with Crippen molar-refractivity contribution in [3.05, 3.63) is 49.1 Å². The van der Waals surface area contributed by atoms with Gasteiger partial charge in [-0.15, -0.1) is 6.58 Å². The Kier molecular flexibility index (Phi) is 8.37. The molecule has 152 valence electrons. The van der Waals surface area contributed by atoms with E-state index in [-0.39, 0.29) is 5.97 Å². The first kappa shape index (κ1) is 21.8. The van der Waals surface area contributed by atoms with E-state index in [2.05, 4.69) is 18.7 Å². The molecule has 0 saturated carbocycles. The molecule has 0 heterocycles. The third-order valence-corrected chi connectivity index (χ3v) is 4.09. The number of carbonyl (C=O) groups excluding carboxylic acids is 1. The Hall–Kier alpha value is -2.49. The van der Waals surface area contributed by atoms with Gasteiger partial charge in [0.15, 0.2) is 0 Å². The lowest BCUT2D eigenvalue weighted by molar-refractivity contribution is -0.154. The minimum atomic E-state index is -0.410. The highest BCUT2D eigenvalue weighted by atomic mass is 16.6. The Morgan fingerprint density at radius 3 is 2.18 bits per heavy atom. The summed E-state index contributed by atoms with van der Waals surface area (Å²) in [6.07, 6.45) is 5.80. The van der Waals surface area contributed by atoms with Gasteiger partial charge in [-0.1, -0.05) is 18.2 Å². The van der Waals surface area contributed by atoms with Crippen LogP contribution in [0.4, 0.5) is 0 Å². The smallest absolute Gasteiger partial charge is 0.306 e. The molecule has 0 radical (unpaired) electrons. The van der Waals surface area contributed by atoms with Crippen LogP contribution in [0.3, 0.4) is 0 Å². The zero-order valence-electron chi connectivity index (χ0n) is 17.3. The predicted molar refractivity (Wildman–Crippen MR) is 114 cm³/mol. The molecule has 0 unspecified atom stereocenters. The van der Waals surface area contributed by atoms with Crippen molar-refractivity contribution in [2.75, 3.05) is 13.2 Å². The normalized spacial score (nSPS) is 11.2. The van der Waals surface area contributed by atoms with Crippen LogP contribution in [-0.4, -0.2) is 24.8 Å². The molecule has 4 nitrogen and oxygen atoms in total. The molecule has 0 aliphatic heterocycles. The second-order valence-corrected chi connectivity index (χ2v) is 7.84. The predicted octanol–water partition coefficient (Wildman–Crippen LogP) is 6.08. The van der Waals surface area contributed by atoms with E-state index in [9.17, 15) is 4.79 Å². The third-order valence-electron chi connectivity index (χ3n) is 4.09. The third kappa shape index (κ3) is 8.03. The molecule has 0 fully saturated rings. The van der Waals surface area contributed by atoms with E-state index in [1.807, 2.05) is 51.1 Å². The topological polar surface area (TPSA) is 44.8 Å². The number of ether oxygens (including phenoxy) is 3. The SMILES string of the molecule is C=CCCOc1ccc2ccc(OCCCCCC(=O)OC(C)(C)C)cc2c1. The minimum Gasteiger partial charge on any atom is -0.494 e. The number of rotatable bonds is 11. The van der Waals surface area contributed by atoms with Gasteiger partial charge in [-0.3, -0.25) is 4.79 Å².